The van der Waals surface area contributed by atoms with Gasteiger partial charge in [-0.2, -0.15) is 4.98 Å². The van der Waals surface area contributed by atoms with Gasteiger partial charge < -0.3 is 9.47 Å². The molecule has 0 aliphatic rings. The molecule has 6 heteroatoms. The lowest BCUT2D eigenvalue weighted by molar-refractivity contribution is 0.403. The third-order valence-electron chi connectivity index (χ3n) is 4.87. The minimum absolute atomic E-state index is 0.239. The van der Waals surface area contributed by atoms with Crippen LogP contribution in [0.3, 0.4) is 0 Å². The molecule has 0 atom stereocenters. The molecule has 2 heterocycles. The molecule has 0 bridgehead atoms. The van der Waals surface area contributed by atoms with Crippen molar-refractivity contribution in [1.29, 1.82) is 0 Å². The van der Waals surface area contributed by atoms with Crippen LogP contribution in [0.15, 0.2) is 71.9 Å². The van der Waals surface area contributed by atoms with Crippen LogP contribution in [0.5, 0.6) is 0 Å². The Morgan fingerprint density at radius 1 is 1.00 bits per heavy atom. The predicted octanol–water partition coefficient (Wildman–Crippen LogP) is 5.11. The number of nitrogens with zero attached hydrogens (tertiary/aromatic N) is 5. The summed E-state index contributed by atoms with van der Waals surface area (Å²) in [7, 11) is 4.16. The molecule has 2 aromatic carbocycles. The lowest BCUT2D eigenvalue weighted by Gasteiger charge is -2.08. The average Bonchev–Trinajstić information content (AvgIpc) is 3.17. The highest BCUT2D eigenvalue weighted by molar-refractivity contribution is 6.28. The second-order valence-electron chi connectivity index (χ2n) is 7.41. The Labute approximate surface area is 181 Å². The van der Waals surface area contributed by atoms with E-state index in [-0.39, 0.29) is 5.28 Å². The van der Waals surface area contributed by atoms with Crippen molar-refractivity contribution < 1.29 is 0 Å². The summed E-state index contributed by atoms with van der Waals surface area (Å²) in [4.78, 5) is 15.7. The van der Waals surface area contributed by atoms with Gasteiger partial charge in [0, 0.05) is 35.6 Å². The number of rotatable bonds is 7. The monoisotopic (exact) mass is 417 g/mol. The van der Waals surface area contributed by atoms with Crippen LogP contribution in [0.2, 0.25) is 5.28 Å². The topological polar surface area (TPSA) is 46.3 Å². The SMILES string of the molecule is CN(C)CCC/N=C/c1ccc(-n2ccc3c(-c4ccccc4)nc(Cl)nc32)cc1. The standard InChI is InChI=1S/C24H24ClN5/c1-29(2)15-6-14-26-17-18-9-11-20(12-10-18)30-16-13-21-22(19-7-4-3-5-8-19)27-24(25)28-23(21)30/h3-5,7-13,16-17H,6,14-15H2,1-2H3/b26-17+. The summed E-state index contributed by atoms with van der Waals surface area (Å²) in [5.41, 5.74) is 4.75. The Morgan fingerprint density at radius 2 is 1.77 bits per heavy atom. The minimum atomic E-state index is 0.239. The molecule has 0 saturated heterocycles. The van der Waals surface area contributed by atoms with E-state index in [1.807, 2.05) is 53.4 Å². The molecule has 0 aliphatic heterocycles. The molecule has 4 aromatic rings. The van der Waals surface area contributed by atoms with E-state index in [1.165, 1.54) is 0 Å². The molecule has 4 rings (SSSR count). The largest absolute Gasteiger partial charge is 0.309 e. The first-order valence-corrected chi connectivity index (χ1v) is 10.3. The van der Waals surface area contributed by atoms with Gasteiger partial charge in [-0.3, -0.25) is 4.99 Å². The van der Waals surface area contributed by atoms with Crippen molar-refractivity contribution in [3.8, 4) is 16.9 Å². The molecule has 30 heavy (non-hydrogen) atoms. The van der Waals surface area contributed by atoms with E-state index in [9.17, 15) is 0 Å². The van der Waals surface area contributed by atoms with E-state index in [1.54, 1.807) is 0 Å². The van der Waals surface area contributed by atoms with Crippen LogP contribution < -0.4 is 0 Å². The zero-order valence-corrected chi connectivity index (χ0v) is 17.9. The molecule has 0 aliphatic carbocycles. The zero-order chi connectivity index (χ0) is 20.9. The van der Waals surface area contributed by atoms with E-state index in [2.05, 4.69) is 58.2 Å². The Hall–Kier alpha value is -3.02. The summed E-state index contributed by atoms with van der Waals surface area (Å²) < 4.78 is 2.04. The van der Waals surface area contributed by atoms with Crippen molar-refractivity contribution >= 4 is 28.8 Å². The molecular weight excluding hydrogens is 394 g/mol. The summed E-state index contributed by atoms with van der Waals surface area (Å²) in [6.07, 6.45) is 4.99. The van der Waals surface area contributed by atoms with E-state index in [0.717, 1.165) is 53.1 Å². The van der Waals surface area contributed by atoms with Crippen LogP contribution in [0, 0.1) is 0 Å². The molecule has 0 radical (unpaired) electrons. The maximum Gasteiger partial charge on any atom is 0.224 e. The highest BCUT2D eigenvalue weighted by Gasteiger charge is 2.13. The predicted molar refractivity (Wildman–Crippen MR) is 125 cm³/mol. The molecule has 152 valence electrons. The fourth-order valence-corrected chi connectivity index (χ4v) is 3.55. The molecule has 0 saturated carbocycles. The molecular formula is C24H24ClN5. The summed E-state index contributed by atoms with van der Waals surface area (Å²) >= 11 is 6.26. The van der Waals surface area contributed by atoms with Gasteiger partial charge in [0.15, 0.2) is 0 Å². The van der Waals surface area contributed by atoms with E-state index in [0.29, 0.717) is 0 Å². The first-order valence-electron chi connectivity index (χ1n) is 9.97. The van der Waals surface area contributed by atoms with Gasteiger partial charge in [0.05, 0.1) is 5.69 Å². The fraction of sp³-hybridized carbons (Fsp3) is 0.208. The third kappa shape index (κ3) is 4.58. The second-order valence-corrected chi connectivity index (χ2v) is 7.75. The van der Waals surface area contributed by atoms with Crippen LogP contribution in [0.4, 0.5) is 0 Å². The Morgan fingerprint density at radius 3 is 2.50 bits per heavy atom. The quantitative estimate of drug-likeness (QED) is 0.238. The first kappa shape index (κ1) is 20.3. The smallest absolute Gasteiger partial charge is 0.224 e. The Kier molecular flexibility index (Phi) is 6.21. The number of aromatic nitrogens is 3. The molecule has 2 aromatic heterocycles. The van der Waals surface area contributed by atoms with Crippen molar-refractivity contribution in [3.05, 3.63) is 77.7 Å². The van der Waals surface area contributed by atoms with Gasteiger partial charge in [0.1, 0.15) is 5.65 Å². The van der Waals surface area contributed by atoms with Crippen LogP contribution in [-0.2, 0) is 0 Å². The van der Waals surface area contributed by atoms with Crippen molar-refractivity contribution in [1.82, 2.24) is 19.4 Å². The van der Waals surface area contributed by atoms with Crippen molar-refractivity contribution in [2.45, 2.75) is 6.42 Å². The summed E-state index contributed by atoms with van der Waals surface area (Å²) in [6.45, 7) is 1.88. The van der Waals surface area contributed by atoms with Gasteiger partial charge in [-0.25, -0.2) is 4.98 Å². The minimum Gasteiger partial charge on any atom is -0.309 e. The Balaban J connectivity index is 1.60. The van der Waals surface area contributed by atoms with Crippen molar-refractivity contribution in [3.63, 3.8) is 0 Å². The molecule has 0 spiro atoms. The maximum absolute atomic E-state index is 6.26. The van der Waals surface area contributed by atoms with Gasteiger partial charge in [0.25, 0.3) is 0 Å². The number of hydrogen-bond acceptors (Lipinski definition) is 4. The zero-order valence-electron chi connectivity index (χ0n) is 17.2. The highest BCUT2D eigenvalue weighted by atomic mass is 35.5. The van der Waals surface area contributed by atoms with Gasteiger partial charge >= 0.3 is 0 Å². The molecule has 5 nitrogen and oxygen atoms in total. The second kappa shape index (κ2) is 9.20. The van der Waals surface area contributed by atoms with Crippen LogP contribution in [0.25, 0.3) is 28.0 Å². The van der Waals surface area contributed by atoms with E-state index in [4.69, 9.17) is 11.6 Å². The van der Waals surface area contributed by atoms with Crippen molar-refractivity contribution in [2.24, 2.45) is 4.99 Å². The average molecular weight is 418 g/mol. The summed E-state index contributed by atoms with van der Waals surface area (Å²) in [5.74, 6) is 0. The maximum atomic E-state index is 6.26. The highest BCUT2D eigenvalue weighted by Crippen LogP contribution is 2.29. The summed E-state index contributed by atoms with van der Waals surface area (Å²) in [6, 6.07) is 20.3. The first-order chi connectivity index (χ1) is 14.6. The van der Waals surface area contributed by atoms with Gasteiger partial charge in [-0.15, -0.1) is 0 Å². The normalized spacial score (nSPS) is 11.7. The fourth-order valence-electron chi connectivity index (χ4n) is 3.38. The molecule has 0 amide bonds. The number of benzene rings is 2. The number of halogens is 1. The third-order valence-corrected chi connectivity index (χ3v) is 5.04. The number of aliphatic imine (C=N–C) groups is 1. The van der Waals surface area contributed by atoms with Gasteiger partial charge in [-0.1, -0.05) is 42.5 Å². The van der Waals surface area contributed by atoms with Crippen LogP contribution in [-0.4, -0.2) is 52.8 Å². The summed E-state index contributed by atoms with van der Waals surface area (Å²) in [5, 5.41) is 1.21. The van der Waals surface area contributed by atoms with E-state index < -0.39 is 0 Å². The van der Waals surface area contributed by atoms with Gasteiger partial charge in [-0.05, 0) is 62.4 Å². The van der Waals surface area contributed by atoms with Crippen LogP contribution >= 0.6 is 11.6 Å². The van der Waals surface area contributed by atoms with Gasteiger partial charge in [0.2, 0.25) is 5.28 Å². The molecule has 0 N–H and O–H groups in total. The van der Waals surface area contributed by atoms with Crippen LogP contribution in [0.1, 0.15) is 12.0 Å². The lowest BCUT2D eigenvalue weighted by atomic mass is 10.1. The van der Waals surface area contributed by atoms with E-state index >= 15 is 0 Å². The molecule has 0 unspecified atom stereocenters. The Bertz CT molecular complexity index is 1150. The number of hydrogen-bond donors (Lipinski definition) is 0. The van der Waals surface area contributed by atoms with Crippen molar-refractivity contribution in [2.75, 3.05) is 27.2 Å². The number of fused-ring (bicyclic) bond motifs is 1. The lowest BCUT2D eigenvalue weighted by Crippen LogP contribution is -2.13. The molecule has 0 fully saturated rings.